The highest BCUT2D eigenvalue weighted by molar-refractivity contribution is 7.98. The molecule has 0 fully saturated rings. The van der Waals surface area contributed by atoms with Crippen LogP contribution in [-0.4, -0.2) is 28.5 Å². The van der Waals surface area contributed by atoms with Crippen molar-refractivity contribution in [2.45, 2.75) is 31.0 Å². The van der Waals surface area contributed by atoms with Crippen LogP contribution >= 0.6 is 11.8 Å². The molecule has 1 aromatic heterocycles. The fourth-order valence-corrected chi connectivity index (χ4v) is 4.41. The first-order valence-electron chi connectivity index (χ1n) is 10.6. The minimum absolute atomic E-state index is 0.339. The van der Waals surface area contributed by atoms with Gasteiger partial charge >= 0.3 is 0 Å². The number of methoxy groups -OCH3 is 1. The van der Waals surface area contributed by atoms with E-state index in [0.717, 1.165) is 33.6 Å². The van der Waals surface area contributed by atoms with E-state index >= 15 is 0 Å². The molecule has 0 saturated heterocycles. The molecule has 0 N–H and O–H groups in total. The lowest BCUT2D eigenvalue weighted by Gasteiger charge is -2.13. The standard InChI is InChI=1S/C26H27N3O2S/c1-20-9-8-10-21(17-20)19-32-26-28-27-25(29(26)15-16-30-2)18-31-24-14-7-6-13-23(24)22-11-4-3-5-12-22/h3-14,17H,15-16,18-19H2,1-2H3. The fourth-order valence-electron chi connectivity index (χ4n) is 3.48. The second kappa shape index (κ2) is 11.0. The van der Waals surface area contributed by atoms with Gasteiger partial charge in [0.25, 0.3) is 0 Å². The molecule has 0 saturated carbocycles. The Bertz CT molecular complexity index is 1140. The largest absolute Gasteiger partial charge is 0.485 e. The van der Waals surface area contributed by atoms with E-state index < -0.39 is 0 Å². The molecule has 0 aliphatic heterocycles. The first-order valence-corrected chi connectivity index (χ1v) is 11.6. The van der Waals surface area contributed by atoms with Crippen molar-refractivity contribution in [3.63, 3.8) is 0 Å². The number of rotatable bonds is 10. The maximum Gasteiger partial charge on any atom is 0.191 e. The van der Waals surface area contributed by atoms with Gasteiger partial charge in [0.2, 0.25) is 0 Å². The summed E-state index contributed by atoms with van der Waals surface area (Å²) in [4.78, 5) is 0. The quantitative estimate of drug-likeness (QED) is 0.290. The Hall–Kier alpha value is -3.09. The number of para-hydroxylation sites is 1. The molecule has 0 atom stereocenters. The highest BCUT2D eigenvalue weighted by Gasteiger charge is 2.15. The van der Waals surface area contributed by atoms with E-state index in [1.165, 1.54) is 11.1 Å². The van der Waals surface area contributed by atoms with Crippen LogP contribution in [0.25, 0.3) is 11.1 Å². The molecule has 4 aromatic rings. The van der Waals surface area contributed by atoms with Gasteiger partial charge in [0.05, 0.1) is 6.61 Å². The Morgan fingerprint density at radius 3 is 2.53 bits per heavy atom. The highest BCUT2D eigenvalue weighted by Crippen LogP contribution is 2.30. The third-order valence-electron chi connectivity index (χ3n) is 5.09. The van der Waals surface area contributed by atoms with Gasteiger partial charge in [-0.1, -0.05) is 90.1 Å². The first-order chi connectivity index (χ1) is 15.7. The lowest BCUT2D eigenvalue weighted by molar-refractivity contribution is 0.181. The number of aryl methyl sites for hydroxylation is 1. The third kappa shape index (κ3) is 5.58. The minimum atomic E-state index is 0.339. The number of aromatic nitrogens is 3. The van der Waals surface area contributed by atoms with Crippen LogP contribution in [0.4, 0.5) is 0 Å². The van der Waals surface area contributed by atoms with Crippen molar-refractivity contribution in [3.8, 4) is 16.9 Å². The van der Waals surface area contributed by atoms with E-state index in [9.17, 15) is 0 Å². The first kappa shape index (κ1) is 22.1. The van der Waals surface area contributed by atoms with Gasteiger partial charge in [-0.15, -0.1) is 10.2 Å². The van der Waals surface area contributed by atoms with Crippen LogP contribution in [0.3, 0.4) is 0 Å². The SMILES string of the molecule is COCCn1c(COc2ccccc2-c2ccccc2)nnc1SCc1cccc(C)c1. The molecular weight excluding hydrogens is 418 g/mol. The van der Waals surface area contributed by atoms with Gasteiger partial charge in [-0.25, -0.2) is 0 Å². The second-order valence-electron chi connectivity index (χ2n) is 7.47. The van der Waals surface area contributed by atoms with Crippen LogP contribution in [0.5, 0.6) is 5.75 Å². The van der Waals surface area contributed by atoms with Crippen molar-refractivity contribution in [2.75, 3.05) is 13.7 Å². The maximum absolute atomic E-state index is 6.22. The summed E-state index contributed by atoms with van der Waals surface area (Å²) < 4.78 is 13.6. The molecule has 3 aromatic carbocycles. The van der Waals surface area contributed by atoms with Crippen LogP contribution in [0.1, 0.15) is 17.0 Å². The van der Waals surface area contributed by atoms with Gasteiger partial charge in [-0.3, -0.25) is 0 Å². The Labute approximate surface area is 193 Å². The van der Waals surface area contributed by atoms with Gasteiger partial charge < -0.3 is 14.0 Å². The summed E-state index contributed by atoms with van der Waals surface area (Å²) in [5, 5.41) is 9.74. The summed E-state index contributed by atoms with van der Waals surface area (Å²) in [7, 11) is 1.70. The predicted molar refractivity (Wildman–Crippen MR) is 129 cm³/mol. The number of hydrogen-bond donors (Lipinski definition) is 0. The summed E-state index contributed by atoms with van der Waals surface area (Å²) in [5.74, 6) is 2.45. The van der Waals surface area contributed by atoms with Crippen LogP contribution in [0.2, 0.25) is 0 Å². The summed E-state index contributed by atoms with van der Waals surface area (Å²) in [5.41, 5.74) is 4.71. The van der Waals surface area contributed by atoms with Crippen LogP contribution in [0.15, 0.2) is 84.0 Å². The lowest BCUT2D eigenvalue weighted by atomic mass is 10.1. The minimum Gasteiger partial charge on any atom is -0.485 e. The van der Waals surface area contributed by atoms with Crippen molar-refractivity contribution in [3.05, 3.63) is 95.8 Å². The molecule has 0 bridgehead atoms. The average Bonchev–Trinajstić information content (AvgIpc) is 3.22. The van der Waals surface area contributed by atoms with Crippen LogP contribution in [-0.2, 0) is 23.6 Å². The van der Waals surface area contributed by atoms with E-state index in [-0.39, 0.29) is 0 Å². The lowest BCUT2D eigenvalue weighted by Crippen LogP contribution is -2.12. The van der Waals surface area contributed by atoms with E-state index in [4.69, 9.17) is 9.47 Å². The van der Waals surface area contributed by atoms with Crippen molar-refractivity contribution >= 4 is 11.8 Å². The van der Waals surface area contributed by atoms with Gasteiger partial charge in [0.1, 0.15) is 12.4 Å². The Kier molecular flexibility index (Phi) is 7.59. The van der Waals surface area contributed by atoms with E-state index in [2.05, 4.69) is 64.2 Å². The zero-order valence-corrected chi connectivity index (χ0v) is 19.2. The third-order valence-corrected chi connectivity index (χ3v) is 6.13. The number of hydrogen-bond acceptors (Lipinski definition) is 5. The van der Waals surface area contributed by atoms with Crippen LogP contribution < -0.4 is 4.74 Å². The summed E-state index contributed by atoms with van der Waals surface area (Å²) in [6.45, 7) is 3.71. The molecule has 6 heteroatoms. The van der Waals surface area contributed by atoms with Gasteiger partial charge in [0.15, 0.2) is 11.0 Å². The topological polar surface area (TPSA) is 49.2 Å². The van der Waals surface area contributed by atoms with Crippen molar-refractivity contribution in [1.29, 1.82) is 0 Å². The molecule has 164 valence electrons. The highest BCUT2D eigenvalue weighted by atomic mass is 32.2. The number of nitrogens with zero attached hydrogens (tertiary/aromatic N) is 3. The number of ether oxygens (including phenoxy) is 2. The normalized spacial score (nSPS) is 10.9. The fraction of sp³-hybridized carbons (Fsp3) is 0.231. The summed E-state index contributed by atoms with van der Waals surface area (Å²) in [6.07, 6.45) is 0. The van der Waals surface area contributed by atoms with Crippen molar-refractivity contribution < 1.29 is 9.47 Å². The monoisotopic (exact) mass is 445 g/mol. The molecule has 4 rings (SSSR count). The smallest absolute Gasteiger partial charge is 0.191 e. The van der Waals surface area contributed by atoms with Gasteiger partial charge in [0, 0.05) is 25.0 Å². The van der Waals surface area contributed by atoms with E-state index in [1.54, 1.807) is 18.9 Å². The summed E-state index contributed by atoms with van der Waals surface area (Å²) >= 11 is 1.68. The number of benzene rings is 3. The van der Waals surface area contributed by atoms with Crippen molar-refractivity contribution in [2.24, 2.45) is 0 Å². The predicted octanol–water partition coefficient (Wildman–Crippen LogP) is 5.77. The molecular formula is C26H27N3O2S. The van der Waals surface area contributed by atoms with Crippen LogP contribution in [0, 0.1) is 6.92 Å². The second-order valence-corrected chi connectivity index (χ2v) is 8.41. The van der Waals surface area contributed by atoms with E-state index in [0.29, 0.717) is 19.8 Å². The Morgan fingerprint density at radius 1 is 0.906 bits per heavy atom. The molecule has 0 unspecified atom stereocenters. The molecule has 32 heavy (non-hydrogen) atoms. The molecule has 0 spiro atoms. The molecule has 1 heterocycles. The summed E-state index contributed by atoms with van der Waals surface area (Å²) in [6, 6.07) is 26.9. The van der Waals surface area contributed by atoms with Gasteiger partial charge in [-0.2, -0.15) is 0 Å². The number of thioether (sulfide) groups is 1. The molecule has 0 radical (unpaired) electrons. The maximum atomic E-state index is 6.22. The van der Waals surface area contributed by atoms with E-state index in [1.807, 2.05) is 36.4 Å². The molecule has 0 aliphatic rings. The molecule has 5 nitrogen and oxygen atoms in total. The van der Waals surface area contributed by atoms with Crippen molar-refractivity contribution in [1.82, 2.24) is 14.8 Å². The Balaban J connectivity index is 1.50. The molecule has 0 aliphatic carbocycles. The average molecular weight is 446 g/mol. The zero-order valence-electron chi connectivity index (χ0n) is 18.4. The van der Waals surface area contributed by atoms with Gasteiger partial charge in [-0.05, 0) is 24.1 Å². The zero-order chi connectivity index (χ0) is 22.2. The molecule has 0 amide bonds. The Morgan fingerprint density at radius 2 is 1.72 bits per heavy atom.